The van der Waals surface area contributed by atoms with Crippen molar-refractivity contribution in [1.29, 1.82) is 5.26 Å². The van der Waals surface area contributed by atoms with Crippen LogP contribution in [0, 0.1) is 35.9 Å². The molecule has 1 aliphatic carbocycles. The number of likely N-dealkylation sites (tertiary alicyclic amines) is 1. The fraction of sp³-hybridized carbons (Fsp3) is 0.350. The van der Waals surface area contributed by atoms with Gasteiger partial charge in [0.15, 0.2) is 0 Å². The van der Waals surface area contributed by atoms with Gasteiger partial charge in [-0.15, -0.1) is 0 Å². The Morgan fingerprint density at radius 1 is 1.35 bits per heavy atom. The first-order chi connectivity index (χ1) is 12.5. The number of hydrogen-bond donors (Lipinski definition) is 1. The van der Waals surface area contributed by atoms with E-state index in [2.05, 4.69) is 16.4 Å². The second-order valence-electron chi connectivity index (χ2n) is 7.12. The SMILES string of the molecule is Cc1ccc(NC(=O)N2C[C@@H]3C[C@H]2C[C@@H]3C#N)cc1-c1cncc(F)c1. The number of carbonyl (C=O) groups is 1. The minimum absolute atomic E-state index is 0.0792. The van der Waals surface area contributed by atoms with Crippen LogP contribution in [0.5, 0.6) is 0 Å². The maximum absolute atomic E-state index is 13.5. The summed E-state index contributed by atoms with van der Waals surface area (Å²) in [4.78, 5) is 18.4. The van der Waals surface area contributed by atoms with Gasteiger partial charge in [-0.2, -0.15) is 5.26 Å². The largest absolute Gasteiger partial charge is 0.322 e. The third-order valence-electron chi connectivity index (χ3n) is 5.47. The summed E-state index contributed by atoms with van der Waals surface area (Å²) in [6.45, 7) is 2.58. The Labute approximate surface area is 151 Å². The summed E-state index contributed by atoms with van der Waals surface area (Å²) in [5.74, 6) is -0.0188. The maximum Gasteiger partial charge on any atom is 0.322 e. The van der Waals surface area contributed by atoms with Crippen molar-refractivity contribution in [2.24, 2.45) is 11.8 Å². The second-order valence-corrected chi connectivity index (χ2v) is 7.12. The van der Waals surface area contributed by atoms with E-state index in [9.17, 15) is 9.18 Å². The monoisotopic (exact) mass is 350 g/mol. The molecule has 3 atom stereocenters. The Hall–Kier alpha value is -2.94. The molecule has 1 aliphatic heterocycles. The van der Waals surface area contributed by atoms with Crippen LogP contribution in [0.2, 0.25) is 0 Å². The summed E-state index contributed by atoms with van der Waals surface area (Å²) in [6.07, 6.45) is 4.46. The number of amides is 2. The van der Waals surface area contributed by atoms with Crippen molar-refractivity contribution in [3.63, 3.8) is 0 Å². The minimum Gasteiger partial charge on any atom is -0.321 e. The molecule has 26 heavy (non-hydrogen) atoms. The molecule has 1 N–H and O–H groups in total. The molecule has 2 bridgehead atoms. The number of piperidine rings is 1. The lowest BCUT2D eigenvalue weighted by molar-refractivity contribution is 0.187. The quantitative estimate of drug-likeness (QED) is 0.891. The lowest BCUT2D eigenvalue weighted by Crippen LogP contribution is -2.42. The number of carbonyl (C=O) groups excluding carboxylic acids is 1. The van der Waals surface area contributed by atoms with Gasteiger partial charge in [0, 0.05) is 30.0 Å². The number of rotatable bonds is 2. The van der Waals surface area contributed by atoms with Crippen molar-refractivity contribution in [3.05, 3.63) is 48.0 Å². The Bertz CT molecular complexity index is 907. The zero-order valence-electron chi connectivity index (χ0n) is 14.4. The predicted molar refractivity (Wildman–Crippen MR) is 95.7 cm³/mol. The molecular formula is C20H19FN4O. The van der Waals surface area contributed by atoms with Gasteiger partial charge in [0.25, 0.3) is 0 Å². The highest BCUT2D eigenvalue weighted by molar-refractivity contribution is 5.91. The van der Waals surface area contributed by atoms with Gasteiger partial charge in [0.05, 0.1) is 18.2 Å². The number of nitrogens with zero attached hydrogens (tertiary/aromatic N) is 3. The van der Waals surface area contributed by atoms with Crippen molar-refractivity contribution < 1.29 is 9.18 Å². The number of pyridine rings is 1. The number of hydrogen-bond acceptors (Lipinski definition) is 3. The van der Waals surface area contributed by atoms with Crippen LogP contribution in [-0.4, -0.2) is 28.5 Å². The number of benzene rings is 1. The molecule has 2 fully saturated rings. The normalized spacial score (nSPS) is 23.7. The minimum atomic E-state index is -0.392. The van der Waals surface area contributed by atoms with Crippen molar-refractivity contribution >= 4 is 11.7 Å². The maximum atomic E-state index is 13.5. The third kappa shape index (κ3) is 2.90. The van der Waals surface area contributed by atoms with Gasteiger partial charge < -0.3 is 10.2 Å². The van der Waals surface area contributed by atoms with E-state index in [1.165, 1.54) is 12.3 Å². The predicted octanol–water partition coefficient (Wildman–Crippen LogP) is 3.96. The highest BCUT2D eigenvalue weighted by Gasteiger charge is 2.46. The summed E-state index contributed by atoms with van der Waals surface area (Å²) in [7, 11) is 0. The summed E-state index contributed by atoms with van der Waals surface area (Å²) in [5, 5.41) is 12.1. The molecule has 2 heterocycles. The van der Waals surface area contributed by atoms with Crippen LogP contribution in [0.25, 0.3) is 11.1 Å². The summed E-state index contributed by atoms with van der Waals surface area (Å²) >= 11 is 0. The fourth-order valence-corrected chi connectivity index (χ4v) is 4.13. The molecule has 132 valence electrons. The van der Waals surface area contributed by atoms with Gasteiger partial charge in [0.1, 0.15) is 5.82 Å². The van der Waals surface area contributed by atoms with Crippen LogP contribution in [0.3, 0.4) is 0 Å². The van der Waals surface area contributed by atoms with E-state index in [4.69, 9.17) is 5.26 Å². The molecule has 6 heteroatoms. The van der Waals surface area contributed by atoms with E-state index in [-0.39, 0.29) is 18.0 Å². The fourth-order valence-electron chi connectivity index (χ4n) is 4.13. The Balaban J connectivity index is 1.52. The molecule has 2 aliphatic rings. The molecule has 5 nitrogen and oxygen atoms in total. The van der Waals surface area contributed by atoms with E-state index in [1.807, 2.05) is 30.0 Å². The van der Waals surface area contributed by atoms with Crippen molar-refractivity contribution in [3.8, 4) is 17.2 Å². The van der Waals surface area contributed by atoms with E-state index >= 15 is 0 Å². The van der Waals surface area contributed by atoms with Crippen molar-refractivity contribution in [2.45, 2.75) is 25.8 Å². The first-order valence-electron chi connectivity index (χ1n) is 8.74. The average molecular weight is 350 g/mol. The topological polar surface area (TPSA) is 69.0 Å². The number of nitrogens with one attached hydrogen (secondary N) is 1. The van der Waals surface area contributed by atoms with Gasteiger partial charge in [-0.05, 0) is 55.0 Å². The number of fused-ring (bicyclic) bond motifs is 2. The third-order valence-corrected chi connectivity index (χ3v) is 5.47. The Kier molecular flexibility index (Phi) is 4.08. The molecule has 1 aromatic carbocycles. The molecule has 0 spiro atoms. The van der Waals surface area contributed by atoms with Crippen LogP contribution in [0.4, 0.5) is 14.9 Å². The van der Waals surface area contributed by atoms with Gasteiger partial charge in [-0.25, -0.2) is 9.18 Å². The van der Waals surface area contributed by atoms with E-state index in [1.54, 1.807) is 6.20 Å². The van der Waals surface area contributed by atoms with Crippen LogP contribution in [-0.2, 0) is 0 Å². The number of anilines is 1. The van der Waals surface area contributed by atoms with Crippen LogP contribution >= 0.6 is 0 Å². The highest BCUT2D eigenvalue weighted by atomic mass is 19.1. The van der Waals surface area contributed by atoms with Crippen LogP contribution < -0.4 is 5.32 Å². The average Bonchev–Trinajstić information content (AvgIpc) is 3.23. The van der Waals surface area contributed by atoms with Gasteiger partial charge >= 0.3 is 6.03 Å². The number of aromatic nitrogens is 1. The number of aryl methyl sites for hydroxylation is 1. The van der Waals surface area contributed by atoms with Crippen LogP contribution in [0.1, 0.15) is 18.4 Å². The van der Waals surface area contributed by atoms with Crippen molar-refractivity contribution in [1.82, 2.24) is 9.88 Å². The number of halogens is 1. The molecule has 1 saturated heterocycles. The van der Waals surface area contributed by atoms with E-state index in [0.717, 1.165) is 24.0 Å². The summed E-state index contributed by atoms with van der Waals surface area (Å²) in [5.41, 5.74) is 3.16. The summed E-state index contributed by atoms with van der Waals surface area (Å²) < 4.78 is 13.5. The number of urea groups is 1. The Morgan fingerprint density at radius 2 is 2.19 bits per heavy atom. The second kappa shape index (κ2) is 6.41. The molecular weight excluding hydrogens is 331 g/mol. The molecule has 0 radical (unpaired) electrons. The Morgan fingerprint density at radius 3 is 2.88 bits per heavy atom. The first kappa shape index (κ1) is 16.5. The van der Waals surface area contributed by atoms with Gasteiger partial charge in [0.2, 0.25) is 0 Å². The molecule has 1 aromatic heterocycles. The van der Waals surface area contributed by atoms with Gasteiger partial charge in [-0.3, -0.25) is 4.98 Å². The smallest absolute Gasteiger partial charge is 0.321 e. The van der Waals surface area contributed by atoms with E-state index in [0.29, 0.717) is 23.7 Å². The molecule has 2 amide bonds. The lowest BCUT2D eigenvalue weighted by Gasteiger charge is -2.29. The molecule has 2 aromatic rings. The standard InChI is InChI=1S/C20H19FN4O/c1-12-2-3-17(7-19(12)14-4-16(21)10-23-9-14)24-20(26)25-11-15-6-18(25)5-13(15)8-22/h2-4,7,9-10,13,15,18H,5-6,11H2,1H3,(H,24,26)/t13-,15+,18-/m1/s1. The lowest BCUT2D eigenvalue weighted by atomic mass is 9.96. The first-order valence-corrected chi connectivity index (χ1v) is 8.74. The zero-order chi connectivity index (χ0) is 18.3. The summed E-state index contributed by atoms with van der Waals surface area (Å²) in [6, 6.07) is 9.38. The zero-order valence-corrected chi connectivity index (χ0v) is 14.4. The molecule has 1 saturated carbocycles. The number of nitriles is 1. The molecule has 4 rings (SSSR count). The highest BCUT2D eigenvalue weighted by Crippen LogP contribution is 2.42. The van der Waals surface area contributed by atoms with E-state index < -0.39 is 5.82 Å². The molecule has 0 unspecified atom stereocenters. The van der Waals surface area contributed by atoms with Gasteiger partial charge in [-0.1, -0.05) is 6.07 Å². The van der Waals surface area contributed by atoms with Crippen molar-refractivity contribution in [2.75, 3.05) is 11.9 Å². The van der Waals surface area contributed by atoms with Crippen LogP contribution in [0.15, 0.2) is 36.7 Å².